The van der Waals surface area contributed by atoms with Gasteiger partial charge in [0.2, 0.25) is 11.8 Å². The van der Waals surface area contributed by atoms with Crippen LogP contribution in [0.3, 0.4) is 0 Å². The standard InChI is InChI=1S/C24H24N2O2.C14H14N2O/c1-16-13-17(2)23(18(3)14-16)24(28)26-21-12-8-7-11-20(21)25-22(27)15-19-9-5-4-6-10-19;15-12-8-4-5-9-13(12)16-14(17)10-11-6-2-1-3-7-11/h4-14H,15H2,1-3H3,(H,25,27)(H,26,28);1-9H,10,15H2,(H,16,17). The van der Waals surface area contributed by atoms with E-state index in [1.54, 1.807) is 24.3 Å². The van der Waals surface area contributed by atoms with Gasteiger partial charge < -0.3 is 21.7 Å². The largest absolute Gasteiger partial charge is 0.397 e. The molecule has 228 valence electrons. The zero-order valence-electron chi connectivity index (χ0n) is 25.8. The van der Waals surface area contributed by atoms with E-state index in [2.05, 4.69) is 16.0 Å². The van der Waals surface area contributed by atoms with Crippen molar-refractivity contribution in [2.75, 3.05) is 21.7 Å². The predicted octanol–water partition coefficient (Wildman–Crippen LogP) is 7.50. The quantitative estimate of drug-likeness (QED) is 0.139. The third-order valence-electron chi connectivity index (χ3n) is 7.00. The Morgan fingerprint density at radius 3 is 1.42 bits per heavy atom. The summed E-state index contributed by atoms with van der Waals surface area (Å²) in [6.07, 6.45) is 0.633. The van der Waals surface area contributed by atoms with Crippen LogP contribution in [0.2, 0.25) is 0 Å². The van der Waals surface area contributed by atoms with Crippen LogP contribution in [0.1, 0.15) is 38.2 Å². The molecule has 45 heavy (non-hydrogen) atoms. The Bertz CT molecular complexity index is 1750. The number of rotatable bonds is 8. The Morgan fingerprint density at radius 1 is 0.533 bits per heavy atom. The number of para-hydroxylation sites is 4. The van der Waals surface area contributed by atoms with Gasteiger partial charge in [-0.3, -0.25) is 14.4 Å². The molecule has 3 amide bonds. The van der Waals surface area contributed by atoms with Crippen LogP contribution in [-0.4, -0.2) is 17.7 Å². The molecule has 0 heterocycles. The van der Waals surface area contributed by atoms with Crippen LogP contribution in [0.5, 0.6) is 0 Å². The first kappa shape index (κ1) is 32.2. The highest BCUT2D eigenvalue weighted by atomic mass is 16.2. The molecule has 5 N–H and O–H groups in total. The maximum Gasteiger partial charge on any atom is 0.256 e. The van der Waals surface area contributed by atoms with E-state index in [0.717, 1.165) is 27.8 Å². The highest BCUT2D eigenvalue weighted by Crippen LogP contribution is 2.24. The summed E-state index contributed by atoms with van der Waals surface area (Å²) < 4.78 is 0. The van der Waals surface area contributed by atoms with Gasteiger partial charge in [-0.15, -0.1) is 0 Å². The van der Waals surface area contributed by atoms with E-state index < -0.39 is 0 Å². The third kappa shape index (κ3) is 9.66. The smallest absolute Gasteiger partial charge is 0.256 e. The number of hydrogen-bond acceptors (Lipinski definition) is 4. The molecule has 0 aromatic heterocycles. The van der Waals surface area contributed by atoms with Crippen LogP contribution in [0, 0.1) is 20.8 Å². The molecule has 0 spiro atoms. The van der Waals surface area contributed by atoms with Gasteiger partial charge in [-0.2, -0.15) is 0 Å². The lowest BCUT2D eigenvalue weighted by molar-refractivity contribution is -0.116. The van der Waals surface area contributed by atoms with Crippen molar-refractivity contribution in [1.82, 2.24) is 0 Å². The molecule has 0 aliphatic carbocycles. The first-order valence-electron chi connectivity index (χ1n) is 14.7. The SMILES string of the molecule is Cc1cc(C)c(C(=O)Nc2ccccc2NC(=O)Cc2ccccc2)c(C)c1.Nc1ccccc1NC(=O)Cc1ccccc1. The van der Waals surface area contributed by atoms with Crippen molar-refractivity contribution < 1.29 is 14.4 Å². The van der Waals surface area contributed by atoms with Gasteiger partial charge in [0.25, 0.3) is 5.91 Å². The van der Waals surface area contributed by atoms with Crippen LogP contribution in [0.4, 0.5) is 22.7 Å². The fourth-order valence-electron chi connectivity index (χ4n) is 4.99. The average molecular weight is 599 g/mol. The topological polar surface area (TPSA) is 113 Å². The lowest BCUT2D eigenvalue weighted by Gasteiger charge is -2.15. The second kappa shape index (κ2) is 15.7. The molecule has 0 unspecified atom stereocenters. The normalized spacial score (nSPS) is 10.2. The second-order valence-electron chi connectivity index (χ2n) is 10.8. The lowest BCUT2D eigenvalue weighted by Crippen LogP contribution is -2.19. The van der Waals surface area contributed by atoms with E-state index in [4.69, 9.17) is 5.73 Å². The minimum absolute atomic E-state index is 0.0610. The van der Waals surface area contributed by atoms with Crippen molar-refractivity contribution in [1.29, 1.82) is 0 Å². The number of hydrogen-bond donors (Lipinski definition) is 4. The van der Waals surface area contributed by atoms with Gasteiger partial charge in [0.15, 0.2) is 0 Å². The molecule has 0 saturated carbocycles. The molecule has 0 aliphatic rings. The van der Waals surface area contributed by atoms with E-state index in [1.165, 1.54) is 0 Å². The summed E-state index contributed by atoms with van der Waals surface area (Å²) in [6.45, 7) is 5.88. The number of carbonyl (C=O) groups excluding carboxylic acids is 3. The van der Waals surface area contributed by atoms with E-state index >= 15 is 0 Å². The number of carbonyl (C=O) groups is 3. The van der Waals surface area contributed by atoms with Gasteiger partial charge in [0.1, 0.15) is 0 Å². The van der Waals surface area contributed by atoms with Crippen molar-refractivity contribution >= 4 is 40.5 Å². The van der Waals surface area contributed by atoms with E-state index in [-0.39, 0.29) is 24.1 Å². The molecular weight excluding hydrogens is 560 g/mol. The van der Waals surface area contributed by atoms with Gasteiger partial charge in [-0.25, -0.2) is 0 Å². The Balaban J connectivity index is 0.000000231. The third-order valence-corrected chi connectivity index (χ3v) is 7.00. The number of amides is 3. The van der Waals surface area contributed by atoms with Crippen molar-refractivity contribution in [3.05, 3.63) is 155 Å². The van der Waals surface area contributed by atoms with Crippen molar-refractivity contribution in [2.24, 2.45) is 0 Å². The zero-order chi connectivity index (χ0) is 32.2. The van der Waals surface area contributed by atoms with Gasteiger partial charge in [0, 0.05) is 5.56 Å². The molecule has 0 atom stereocenters. The minimum atomic E-state index is -0.181. The maximum atomic E-state index is 12.9. The summed E-state index contributed by atoms with van der Waals surface area (Å²) in [6, 6.07) is 37.6. The fraction of sp³-hybridized carbons (Fsp3) is 0.132. The lowest BCUT2D eigenvalue weighted by atomic mass is 9.99. The molecule has 5 rings (SSSR count). The number of anilines is 4. The molecule has 5 aromatic carbocycles. The molecule has 7 heteroatoms. The summed E-state index contributed by atoms with van der Waals surface area (Å²) >= 11 is 0. The first-order valence-corrected chi connectivity index (χ1v) is 14.7. The van der Waals surface area contributed by atoms with Crippen molar-refractivity contribution in [2.45, 2.75) is 33.6 Å². The average Bonchev–Trinajstić information content (AvgIpc) is 3.00. The van der Waals surface area contributed by atoms with Gasteiger partial charge in [0.05, 0.1) is 35.6 Å². The van der Waals surface area contributed by atoms with Crippen LogP contribution in [0.25, 0.3) is 0 Å². The Kier molecular flexibility index (Phi) is 11.2. The molecular formula is C38H38N4O3. The highest BCUT2D eigenvalue weighted by Gasteiger charge is 2.15. The molecule has 0 radical (unpaired) electrons. The van der Waals surface area contributed by atoms with Crippen LogP contribution < -0.4 is 21.7 Å². The Morgan fingerprint density at radius 2 is 0.933 bits per heavy atom. The highest BCUT2D eigenvalue weighted by molar-refractivity contribution is 6.09. The predicted molar refractivity (Wildman–Crippen MR) is 183 cm³/mol. The molecule has 7 nitrogen and oxygen atoms in total. The number of nitrogen functional groups attached to an aromatic ring is 1. The van der Waals surface area contributed by atoms with Crippen LogP contribution in [-0.2, 0) is 22.4 Å². The second-order valence-corrected chi connectivity index (χ2v) is 10.8. The van der Waals surface area contributed by atoms with Gasteiger partial charge in [-0.1, -0.05) is 103 Å². The monoisotopic (exact) mass is 598 g/mol. The molecule has 0 fully saturated rings. The summed E-state index contributed by atoms with van der Waals surface area (Å²) in [5.74, 6) is -0.371. The zero-order valence-corrected chi connectivity index (χ0v) is 25.8. The minimum Gasteiger partial charge on any atom is -0.397 e. The van der Waals surface area contributed by atoms with Crippen molar-refractivity contribution in [3.63, 3.8) is 0 Å². The van der Waals surface area contributed by atoms with E-state index in [9.17, 15) is 14.4 Å². The summed E-state index contributed by atoms with van der Waals surface area (Å²) in [4.78, 5) is 37.1. The number of benzene rings is 5. The van der Waals surface area contributed by atoms with Crippen LogP contribution in [0.15, 0.2) is 121 Å². The summed E-state index contributed by atoms with van der Waals surface area (Å²) in [5.41, 5.74) is 13.7. The Labute approximate surface area is 264 Å². The molecule has 0 bridgehead atoms. The molecule has 0 saturated heterocycles. The van der Waals surface area contributed by atoms with Gasteiger partial charge in [-0.05, 0) is 67.3 Å². The summed E-state index contributed by atoms with van der Waals surface area (Å²) in [7, 11) is 0. The van der Waals surface area contributed by atoms with Crippen molar-refractivity contribution in [3.8, 4) is 0 Å². The van der Waals surface area contributed by atoms with Gasteiger partial charge >= 0.3 is 0 Å². The fourth-order valence-corrected chi connectivity index (χ4v) is 4.99. The first-order chi connectivity index (χ1) is 21.7. The van der Waals surface area contributed by atoms with E-state index in [1.807, 2.05) is 118 Å². The summed E-state index contributed by atoms with van der Waals surface area (Å²) in [5, 5.41) is 8.64. The number of aryl methyl sites for hydroxylation is 3. The van der Waals surface area contributed by atoms with Crippen LogP contribution >= 0.6 is 0 Å². The number of nitrogens with one attached hydrogen (secondary N) is 3. The Hall–Kier alpha value is -5.69. The van der Waals surface area contributed by atoms with E-state index in [0.29, 0.717) is 34.7 Å². The number of nitrogens with two attached hydrogens (primary N) is 1. The molecule has 5 aromatic rings. The maximum absolute atomic E-state index is 12.9. The molecule has 0 aliphatic heterocycles.